The van der Waals surface area contributed by atoms with Crippen molar-refractivity contribution in [2.24, 2.45) is 0 Å². The van der Waals surface area contributed by atoms with Crippen LogP contribution < -0.4 is 15.4 Å². The number of aromatic amines is 1. The summed E-state index contributed by atoms with van der Waals surface area (Å²) in [6.45, 7) is 1.77. The number of hydrogen-bond donors (Lipinski definition) is 3. The number of halogens is 3. The fourth-order valence-electron chi connectivity index (χ4n) is 1.50. The number of nitrogens with zero attached hydrogens (tertiary/aromatic N) is 1. The largest absolute Gasteiger partial charge is 0.573 e. The Morgan fingerprint density at radius 3 is 2.43 bits per heavy atom. The summed E-state index contributed by atoms with van der Waals surface area (Å²) < 4.78 is 39.7. The predicted octanol–water partition coefficient (Wildman–Crippen LogP) is 3.26. The van der Waals surface area contributed by atoms with Gasteiger partial charge < -0.3 is 10.1 Å². The number of anilines is 2. The molecular formula is C12H11F3N4O2. The number of ether oxygens (including phenoxy) is 1. The highest BCUT2D eigenvalue weighted by atomic mass is 19.4. The molecule has 0 aliphatic heterocycles. The van der Waals surface area contributed by atoms with E-state index in [-0.39, 0.29) is 5.75 Å². The quantitative estimate of drug-likeness (QED) is 0.814. The minimum Gasteiger partial charge on any atom is -0.406 e. The van der Waals surface area contributed by atoms with Crippen LogP contribution >= 0.6 is 0 Å². The van der Waals surface area contributed by atoms with Gasteiger partial charge in [0.2, 0.25) is 0 Å². The number of urea groups is 1. The van der Waals surface area contributed by atoms with Crippen LogP contribution in [0.5, 0.6) is 5.75 Å². The summed E-state index contributed by atoms with van der Waals surface area (Å²) in [6, 6.07) is 5.84. The van der Waals surface area contributed by atoms with Gasteiger partial charge >= 0.3 is 12.4 Å². The van der Waals surface area contributed by atoms with Crippen molar-refractivity contribution >= 4 is 17.5 Å². The summed E-state index contributed by atoms with van der Waals surface area (Å²) in [6.07, 6.45) is -4.75. The van der Waals surface area contributed by atoms with Crippen LogP contribution in [0.2, 0.25) is 0 Å². The van der Waals surface area contributed by atoms with Crippen molar-refractivity contribution in [3.05, 3.63) is 36.0 Å². The first-order valence-corrected chi connectivity index (χ1v) is 5.78. The van der Waals surface area contributed by atoms with Crippen molar-refractivity contribution in [3.8, 4) is 5.75 Å². The van der Waals surface area contributed by atoms with E-state index in [9.17, 15) is 18.0 Å². The van der Waals surface area contributed by atoms with Gasteiger partial charge in [0.25, 0.3) is 0 Å². The molecule has 9 heteroatoms. The summed E-state index contributed by atoms with van der Waals surface area (Å²) in [4.78, 5) is 11.6. The second-order valence-corrected chi connectivity index (χ2v) is 4.09. The van der Waals surface area contributed by atoms with Crippen molar-refractivity contribution in [1.82, 2.24) is 10.2 Å². The van der Waals surface area contributed by atoms with Crippen LogP contribution in [0.15, 0.2) is 30.3 Å². The van der Waals surface area contributed by atoms with Gasteiger partial charge in [-0.2, -0.15) is 5.10 Å². The molecule has 0 unspecified atom stereocenters. The molecule has 0 aliphatic rings. The highest BCUT2D eigenvalue weighted by molar-refractivity contribution is 5.99. The Bertz CT molecular complexity index is 622. The molecule has 2 rings (SSSR count). The molecule has 0 radical (unpaired) electrons. The Balaban J connectivity index is 1.92. The van der Waals surface area contributed by atoms with Crippen LogP contribution in [-0.2, 0) is 0 Å². The number of carbonyl (C=O) groups excluding carboxylic acids is 1. The number of rotatable bonds is 3. The standard InChI is InChI=1S/C12H11F3N4O2/c1-7-6-10(19-18-7)17-11(20)16-8-2-4-9(5-3-8)21-12(13,14)15/h2-6H,1H3,(H3,16,17,18,19,20). The third kappa shape index (κ3) is 4.71. The molecule has 1 aromatic heterocycles. The van der Waals surface area contributed by atoms with Gasteiger partial charge in [-0.25, -0.2) is 4.79 Å². The lowest BCUT2D eigenvalue weighted by Gasteiger charge is -2.10. The Morgan fingerprint density at radius 2 is 1.90 bits per heavy atom. The normalized spacial score (nSPS) is 11.0. The monoisotopic (exact) mass is 300 g/mol. The average molecular weight is 300 g/mol. The van der Waals surface area contributed by atoms with Gasteiger partial charge in [0.05, 0.1) is 0 Å². The Labute approximate surface area is 117 Å². The molecule has 0 aliphatic carbocycles. The lowest BCUT2D eigenvalue weighted by atomic mass is 10.3. The average Bonchev–Trinajstić information content (AvgIpc) is 2.75. The minimum atomic E-state index is -4.75. The van der Waals surface area contributed by atoms with Crippen LogP contribution in [0.25, 0.3) is 0 Å². The number of benzene rings is 1. The number of hydrogen-bond acceptors (Lipinski definition) is 3. The number of nitrogens with one attached hydrogen (secondary N) is 3. The van der Waals surface area contributed by atoms with Gasteiger partial charge in [0.15, 0.2) is 5.82 Å². The summed E-state index contributed by atoms with van der Waals surface area (Å²) in [5.41, 5.74) is 1.09. The second kappa shape index (κ2) is 5.73. The highest BCUT2D eigenvalue weighted by Gasteiger charge is 2.30. The molecule has 112 valence electrons. The summed E-state index contributed by atoms with van der Waals surface area (Å²) >= 11 is 0. The molecular weight excluding hydrogens is 289 g/mol. The van der Waals surface area contributed by atoms with Crippen LogP contribution in [0, 0.1) is 6.92 Å². The number of H-pyrrole nitrogens is 1. The molecule has 6 nitrogen and oxygen atoms in total. The van der Waals surface area contributed by atoms with Crippen molar-refractivity contribution in [3.63, 3.8) is 0 Å². The smallest absolute Gasteiger partial charge is 0.406 e. The molecule has 21 heavy (non-hydrogen) atoms. The Morgan fingerprint density at radius 1 is 1.24 bits per heavy atom. The molecule has 2 amide bonds. The topological polar surface area (TPSA) is 79.0 Å². The molecule has 0 atom stereocenters. The van der Waals surface area contributed by atoms with Gasteiger partial charge in [-0.15, -0.1) is 13.2 Å². The number of aryl methyl sites for hydroxylation is 1. The summed E-state index contributed by atoms with van der Waals surface area (Å²) in [7, 11) is 0. The molecule has 1 heterocycles. The van der Waals surface area contributed by atoms with Crippen LogP contribution in [0.4, 0.5) is 29.5 Å². The summed E-state index contributed by atoms with van der Waals surface area (Å²) in [5, 5.41) is 11.4. The zero-order chi connectivity index (χ0) is 15.5. The van der Waals surface area contributed by atoms with Crippen molar-refractivity contribution in [2.75, 3.05) is 10.6 Å². The van der Waals surface area contributed by atoms with Crippen molar-refractivity contribution in [2.45, 2.75) is 13.3 Å². The van der Waals surface area contributed by atoms with E-state index >= 15 is 0 Å². The van der Waals surface area contributed by atoms with Crippen LogP contribution in [0.3, 0.4) is 0 Å². The maximum Gasteiger partial charge on any atom is 0.573 e. The number of alkyl halides is 3. The van der Waals surface area contributed by atoms with E-state index in [4.69, 9.17) is 0 Å². The van der Waals surface area contributed by atoms with E-state index in [2.05, 4.69) is 25.6 Å². The zero-order valence-corrected chi connectivity index (χ0v) is 10.8. The molecule has 2 aromatic rings. The first kappa shape index (κ1) is 14.7. The third-order valence-electron chi connectivity index (χ3n) is 2.29. The second-order valence-electron chi connectivity index (χ2n) is 4.09. The molecule has 0 bridgehead atoms. The van der Waals surface area contributed by atoms with E-state index in [1.165, 1.54) is 12.1 Å². The lowest BCUT2D eigenvalue weighted by molar-refractivity contribution is -0.274. The van der Waals surface area contributed by atoms with Gasteiger partial charge in [-0.1, -0.05) is 0 Å². The van der Waals surface area contributed by atoms with E-state index in [1.807, 2.05) is 0 Å². The third-order valence-corrected chi connectivity index (χ3v) is 2.29. The molecule has 1 aromatic carbocycles. The molecule has 0 spiro atoms. The molecule has 0 saturated heterocycles. The van der Waals surface area contributed by atoms with E-state index in [0.717, 1.165) is 17.8 Å². The Kier molecular flexibility index (Phi) is 4.01. The number of carbonyl (C=O) groups is 1. The van der Waals surface area contributed by atoms with Crippen molar-refractivity contribution in [1.29, 1.82) is 0 Å². The van der Waals surface area contributed by atoms with E-state index in [0.29, 0.717) is 11.5 Å². The van der Waals surface area contributed by atoms with Gasteiger partial charge in [0.1, 0.15) is 5.75 Å². The highest BCUT2D eigenvalue weighted by Crippen LogP contribution is 2.23. The molecule has 0 fully saturated rings. The van der Waals surface area contributed by atoms with Crippen molar-refractivity contribution < 1.29 is 22.7 Å². The molecule has 0 saturated carbocycles. The fourth-order valence-corrected chi connectivity index (χ4v) is 1.50. The predicted molar refractivity (Wildman–Crippen MR) is 69.1 cm³/mol. The van der Waals surface area contributed by atoms with Crippen LogP contribution in [0.1, 0.15) is 5.69 Å². The summed E-state index contributed by atoms with van der Waals surface area (Å²) in [5.74, 6) is -0.0293. The molecule has 3 N–H and O–H groups in total. The zero-order valence-electron chi connectivity index (χ0n) is 10.8. The maximum absolute atomic E-state index is 12.0. The van der Waals surface area contributed by atoms with E-state index < -0.39 is 12.4 Å². The SMILES string of the molecule is Cc1cc(NC(=O)Nc2ccc(OC(F)(F)F)cc2)n[nH]1. The first-order chi connectivity index (χ1) is 9.82. The number of amides is 2. The minimum absolute atomic E-state index is 0.314. The maximum atomic E-state index is 12.0. The van der Waals surface area contributed by atoms with Crippen LogP contribution in [-0.4, -0.2) is 22.6 Å². The van der Waals surface area contributed by atoms with Gasteiger partial charge in [-0.05, 0) is 31.2 Å². The van der Waals surface area contributed by atoms with Gasteiger partial charge in [-0.3, -0.25) is 10.4 Å². The van der Waals surface area contributed by atoms with Gasteiger partial charge in [0, 0.05) is 17.4 Å². The van der Waals surface area contributed by atoms with E-state index in [1.54, 1.807) is 13.0 Å². The fraction of sp³-hybridized carbons (Fsp3) is 0.167. The lowest BCUT2D eigenvalue weighted by Crippen LogP contribution is -2.20. The first-order valence-electron chi connectivity index (χ1n) is 5.78. The Hall–Kier alpha value is -2.71. The number of aromatic nitrogens is 2.